The Hall–Kier alpha value is -1.55. The summed E-state index contributed by atoms with van der Waals surface area (Å²) >= 11 is 0. The lowest BCUT2D eigenvalue weighted by Crippen LogP contribution is -2.51. The quantitative estimate of drug-likeness (QED) is 0.889. The van der Waals surface area contributed by atoms with Crippen LogP contribution in [0.2, 0.25) is 0 Å². The molecule has 2 saturated heterocycles. The van der Waals surface area contributed by atoms with E-state index in [2.05, 4.69) is 17.4 Å². The van der Waals surface area contributed by atoms with Gasteiger partial charge in [0.15, 0.2) is 0 Å². The molecule has 1 atom stereocenters. The summed E-state index contributed by atoms with van der Waals surface area (Å²) in [6.45, 7) is 3.46. The van der Waals surface area contributed by atoms with E-state index in [0.29, 0.717) is 11.8 Å². The van der Waals surface area contributed by atoms with Crippen LogP contribution in [0.3, 0.4) is 0 Å². The van der Waals surface area contributed by atoms with Crippen molar-refractivity contribution in [3.63, 3.8) is 0 Å². The molecule has 1 N–H and O–H groups in total. The van der Waals surface area contributed by atoms with Crippen molar-refractivity contribution in [1.82, 2.24) is 10.2 Å². The van der Waals surface area contributed by atoms with E-state index in [-0.39, 0.29) is 5.92 Å². The zero-order chi connectivity index (χ0) is 13.2. The molecule has 1 amide bonds. The van der Waals surface area contributed by atoms with Crippen LogP contribution in [0.15, 0.2) is 24.3 Å². The van der Waals surface area contributed by atoms with Crippen LogP contribution in [0.25, 0.3) is 0 Å². The Morgan fingerprint density at radius 2 is 2.05 bits per heavy atom. The first kappa shape index (κ1) is 12.5. The number of hydrogen-bond acceptors (Lipinski definition) is 3. The largest absolute Gasteiger partial charge is 0.497 e. The van der Waals surface area contributed by atoms with Crippen LogP contribution in [0.1, 0.15) is 17.9 Å². The van der Waals surface area contributed by atoms with E-state index in [0.717, 1.165) is 38.3 Å². The fraction of sp³-hybridized carbons (Fsp3) is 0.533. The zero-order valence-electron chi connectivity index (χ0n) is 11.3. The molecule has 4 nitrogen and oxygen atoms in total. The highest BCUT2D eigenvalue weighted by atomic mass is 16.5. The number of hydrogen-bond donors (Lipinski definition) is 1. The molecule has 2 aliphatic rings. The monoisotopic (exact) mass is 260 g/mol. The molecule has 0 aliphatic carbocycles. The Morgan fingerprint density at radius 1 is 1.32 bits per heavy atom. The molecule has 1 unspecified atom stereocenters. The van der Waals surface area contributed by atoms with Gasteiger partial charge < -0.3 is 15.0 Å². The summed E-state index contributed by atoms with van der Waals surface area (Å²) in [4.78, 5) is 14.2. The molecule has 0 radical (unpaired) electrons. The van der Waals surface area contributed by atoms with Crippen LogP contribution in [-0.2, 0) is 4.79 Å². The maximum Gasteiger partial charge on any atom is 0.228 e. The standard InChI is InChI=1S/C15H20N2O2/c1-19-14-4-2-11(3-5-14)12-6-7-17(10-12)15(18)13-8-16-9-13/h2-5,12-13,16H,6-10H2,1H3. The van der Waals surface area contributed by atoms with Crippen LogP contribution >= 0.6 is 0 Å². The van der Waals surface area contributed by atoms with Crippen LogP contribution in [-0.4, -0.2) is 44.1 Å². The zero-order valence-corrected chi connectivity index (χ0v) is 11.3. The molecule has 0 spiro atoms. The van der Waals surface area contributed by atoms with Gasteiger partial charge in [-0.1, -0.05) is 12.1 Å². The highest BCUT2D eigenvalue weighted by Gasteiger charge is 2.33. The minimum atomic E-state index is 0.217. The second-order valence-corrected chi connectivity index (χ2v) is 5.40. The Balaban J connectivity index is 1.62. The second kappa shape index (κ2) is 5.21. The number of benzene rings is 1. The van der Waals surface area contributed by atoms with Crippen LogP contribution < -0.4 is 10.1 Å². The van der Waals surface area contributed by atoms with E-state index in [9.17, 15) is 4.79 Å². The van der Waals surface area contributed by atoms with Gasteiger partial charge in [-0.15, -0.1) is 0 Å². The number of carbonyl (C=O) groups excluding carboxylic acids is 1. The molecule has 2 aliphatic heterocycles. The van der Waals surface area contributed by atoms with Crippen LogP contribution in [0, 0.1) is 5.92 Å². The molecule has 19 heavy (non-hydrogen) atoms. The number of likely N-dealkylation sites (tertiary alicyclic amines) is 1. The normalized spacial score (nSPS) is 23.2. The van der Waals surface area contributed by atoms with Crippen molar-refractivity contribution in [2.75, 3.05) is 33.3 Å². The predicted molar refractivity (Wildman–Crippen MR) is 73.3 cm³/mol. The third kappa shape index (κ3) is 2.45. The number of amides is 1. The number of nitrogens with zero attached hydrogens (tertiary/aromatic N) is 1. The van der Waals surface area contributed by atoms with E-state index >= 15 is 0 Å². The van der Waals surface area contributed by atoms with Gasteiger partial charge in [-0.25, -0.2) is 0 Å². The van der Waals surface area contributed by atoms with Crippen LogP contribution in [0.5, 0.6) is 5.75 Å². The number of methoxy groups -OCH3 is 1. The van der Waals surface area contributed by atoms with Gasteiger partial charge in [-0.2, -0.15) is 0 Å². The van der Waals surface area contributed by atoms with Crippen molar-refractivity contribution in [3.05, 3.63) is 29.8 Å². The maximum atomic E-state index is 12.2. The molecule has 3 rings (SSSR count). The van der Waals surface area contributed by atoms with Crippen molar-refractivity contribution in [2.45, 2.75) is 12.3 Å². The van der Waals surface area contributed by atoms with Gasteiger partial charge in [0.1, 0.15) is 5.75 Å². The summed E-state index contributed by atoms with van der Waals surface area (Å²) in [5.41, 5.74) is 1.31. The predicted octanol–water partition coefficient (Wildman–Crippen LogP) is 1.23. The van der Waals surface area contributed by atoms with E-state index in [1.165, 1.54) is 5.56 Å². The molecule has 4 heteroatoms. The fourth-order valence-corrected chi connectivity index (χ4v) is 2.83. The summed E-state index contributed by atoms with van der Waals surface area (Å²) < 4.78 is 5.17. The van der Waals surface area contributed by atoms with Crippen molar-refractivity contribution in [2.24, 2.45) is 5.92 Å². The van der Waals surface area contributed by atoms with Crippen LogP contribution in [0.4, 0.5) is 0 Å². The number of nitrogens with one attached hydrogen (secondary N) is 1. The third-order valence-electron chi connectivity index (χ3n) is 4.22. The van der Waals surface area contributed by atoms with E-state index in [1.54, 1.807) is 7.11 Å². The van der Waals surface area contributed by atoms with E-state index in [1.807, 2.05) is 17.0 Å². The Morgan fingerprint density at radius 3 is 2.63 bits per heavy atom. The van der Waals surface area contributed by atoms with Gasteiger partial charge in [0.05, 0.1) is 13.0 Å². The molecule has 0 saturated carbocycles. The van der Waals surface area contributed by atoms with Gasteiger partial charge in [-0.3, -0.25) is 4.79 Å². The molecular weight excluding hydrogens is 240 g/mol. The molecule has 1 aromatic rings. The molecule has 2 heterocycles. The van der Waals surface area contributed by atoms with Gasteiger partial charge in [-0.05, 0) is 24.1 Å². The highest BCUT2D eigenvalue weighted by molar-refractivity contribution is 5.80. The fourth-order valence-electron chi connectivity index (χ4n) is 2.83. The van der Waals surface area contributed by atoms with E-state index < -0.39 is 0 Å². The topological polar surface area (TPSA) is 41.6 Å². The number of carbonyl (C=O) groups is 1. The van der Waals surface area contributed by atoms with Crippen molar-refractivity contribution >= 4 is 5.91 Å². The molecule has 1 aromatic carbocycles. The lowest BCUT2D eigenvalue weighted by Gasteiger charge is -2.30. The van der Waals surface area contributed by atoms with Crippen molar-refractivity contribution in [1.29, 1.82) is 0 Å². The van der Waals surface area contributed by atoms with Gasteiger partial charge in [0.25, 0.3) is 0 Å². The minimum Gasteiger partial charge on any atom is -0.497 e. The summed E-state index contributed by atoms with van der Waals surface area (Å²) in [6.07, 6.45) is 1.07. The highest BCUT2D eigenvalue weighted by Crippen LogP contribution is 2.29. The molecule has 102 valence electrons. The summed E-state index contributed by atoms with van der Waals surface area (Å²) in [5.74, 6) is 1.91. The van der Waals surface area contributed by atoms with Gasteiger partial charge in [0.2, 0.25) is 5.91 Å². The smallest absolute Gasteiger partial charge is 0.228 e. The molecule has 0 aromatic heterocycles. The molecule has 0 bridgehead atoms. The average Bonchev–Trinajstić information content (AvgIpc) is 2.86. The number of rotatable bonds is 3. The Labute approximate surface area is 113 Å². The first-order chi connectivity index (χ1) is 9.28. The second-order valence-electron chi connectivity index (χ2n) is 5.40. The Bertz CT molecular complexity index is 454. The summed E-state index contributed by atoms with van der Waals surface area (Å²) in [5, 5.41) is 3.16. The van der Waals surface area contributed by atoms with Gasteiger partial charge >= 0.3 is 0 Å². The van der Waals surface area contributed by atoms with Crippen molar-refractivity contribution < 1.29 is 9.53 Å². The summed E-state index contributed by atoms with van der Waals surface area (Å²) in [6, 6.07) is 8.22. The minimum absolute atomic E-state index is 0.217. The first-order valence-corrected chi connectivity index (χ1v) is 6.91. The maximum absolute atomic E-state index is 12.2. The van der Waals surface area contributed by atoms with Gasteiger partial charge in [0, 0.05) is 32.1 Å². The van der Waals surface area contributed by atoms with E-state index in [4.69, 9.17) is 4.74 Å². The lowest BCUT2D eigenvalue weighted by atomic mass is 9.98. The SMILES string of the molecule is COc1ccc(C2CCN(C(=O)C3CNC3)C2)cc1. The van der Waals surface area contributed by atoms with Crippen molar-refractivity contribution in [3.8, 4) is 5.75 Å². The number of ether oxygens (including phenoxy) is 1. The third-order valence-corrected chi connectivity index (χ3v) is 4.22. The average molecular weight is 260 g/mol. The molecule has 2 fully saturated rings. The Kier molecular flexibility index (Phi) is 3.42. The summed E-state index contributed by atoms with van der Waals surface area (Å²) in [7, 11) is 1.68. The lowest BCUT2D eigenvalue weighted by molar-refractivity contribution is -0.136. The molecular formula is C15H20N2O2. The first-order valence-electron chi connectivity index (χ1n) is 6.91.